The molecule has 0 saturated heterocycles. The van der Waals surface area contributed by atoms with Gasteiger partial charge < -0.3 is 5.32 Å². The monoisotopic (exact) mass is 242 g/mol. The van der Waals surface area contributed by atoms with Crippen molar-refractivity contribution in [2.45, 2.75) is 6.18 Å². The summed E-state index contributed by atoms with van der Waals surface area (Å²) in [6, 6.07) is 2.25. The molecule has 17 heavy (non-hydrogen) atoms. The summed E-state index contributed by atoms with van der Waals surface area (Å²) in [4.78, 5) is 3.68. The van der Waals surface area contributed by atoms with E-state index in [4.69, 9.17) is 0 Å². The lowest BCUT2D eigenvalue weighted by Crippen LogP contribution is -2.05. The molecule has 0 fully saturated rings. The van der Waals surface area contributed by atoms with Crippen molar-refractivity contribution in [3.05, 3.63) is 36.3 Å². The second-order valence-corrected chi connectivity index (χ2v) is 3.46. The highest BCUT2D eigenvalue weighted by Gasteiger charge is 2.30. The van der Waals surface area contributed by atoms with Crippen molar-refractivity contribution in [1.29, 1.82) is 0 Å². The summed E-state index contributed by atoms with van der Waals surface area (Å²) in [5, 5.41) is 6.76. The lowest BCUT2D eigenvalue weighted by Gasteiger charge is -2.07. The Kier molecular flexibility index (Phi) is 2.74. The Morgan fingerprint density at radius 2 is 2.00 bits per heavy atom. The summed E-state index contributed by atoms with van der Waals surface area (Å²) in [7, 11) is 1.74. The number of alkyl halides is 3. The van der Waals surface area contributed by atoms with E-state index in [1.54, 1.807) is 24.1 Å². The van der Waals surface area contributed by atoms with Gasteiger partial charge in [0.15, 0.2) is 0 Å². The van der Waals surface area contributed by atoms with Crippen molar-refractivity contribution in [1.82, 2.24) is 14.8 Å². The molecular formula is C10H9F3N4. The zero-order valence-corrected chi connectivity index (χ0v) is 8.86. The number of pyridine rings is 1. The lowest BCUT2D eigenvalue weighted by atomic mass is 10.3. The number of hydrogen-bond acceptors (Lipinski definition) is 3. The quantitative estimate of drug-likeness (QED) is 0.880. The van der Waals surface area contributed by atoms with Crippen LogP contribution in [0.15, 0.2) is 30.7 Å². The minimum atomic E-state index is -4.36. The highest BCUT2D eigenvalue weighted by molar-refractivity contribution is 5.53. The molecule has 0 amide bonds. The van der Waals surface area contributed by atoms with Crippen LogP contribution in [0.25, 0.3) is 0 Å². The molecule has 2 rings (SSSR count). The van der Waals surface area contributed by atoms with Crippen LogP contribution in [0.5, 0.6) is 0 Å². The van der Waals surface area contributed by atoms with Crippen molar-refractivity contribution >= 4 is 11.5 Å². The van der Waals surface area contributed by atoms with E-state index in [1.807, 2.05) is 0 Å². The number of aryl methyl sites for hydroxylation is 1. The number of rotatable bonds is 2. The number of aromatic nitrogens is 3. The molecule has 0 aliphatic heterocycles. The van der Waals surface area contributed by atoms with Crippen LogP contribution in [0.2, 0.25) is 0 Å². The summed E-state index contributed by atoms with van der Waals surface area (Å²) >= 11 is 0. The third-order valence-corrected chi connectivity index (χ3v) is 2.07. The first-order chi connectivity index (χ1) is 7.95. The van der Waals surface area contributed by atoms with Gasteiger partial charge in [-0.1, -0.05) is 0 Å². The minimum absolute atomic E-state index is 0.339. The maximum Gasteiger partial charge on any atom is 0.417 e. The molecule has 0 aliphatic rings. The second kappa shape index (κ2) is 4.08. The van der Waals surface area contributed by atoms with Gasteiger partial charge in [0.25, 0.3) is 0 Å². The molecular weight excluding hydrogens is 233 g/mol. The van der Waals surface area contributed by atoms with Crippen LogP contribution < -0.4 is 5.32 Å². The average molecular weight is 242 g/mol. The number of halogens is 3. The van der Waals surface area contributed by atoms with Gasteiger partial charge >= 0.3 is 6.18 Å². The van der Waals surface area contributed by atoms with Crippen LogP contribution in [0.4, 0.5) is 24.7 Å². The van der Waals surface area contributed by atoms with Crippen LogP contribution in [-0.4, -0.2) is 14.8 Å². The van der Waals surface area contributed by atoms with Gasteiger partial charge in [-0.25, -0.2) is 4.98 Å². The topological polar surface area (TPSA) is 42.7 Å². The predicted octanol–water partition coefficient (Wildman–Crippen LogP) is 2.58. The van der Waals surface area contributed by atoms with Gasteiger partial charge in [0, 0.05) is 19.4 Å². The van der Waals surface area contributed by atoms with E-state index in [-0.39, 0.29) is 0 Å². The maximum atomic E-state index is 12.3. The molecule has 0 spiro atoms. The molecule has 0 saturated carbocycles. The van der Waals surface area contributed by atoms with Gasteiger partial charge in [0.05, 0.1) is 17.4 Å². The average Bonchev–Trinajstić information content (AvgIpc) is 2.63. The predicted molar refractivity (Wildman–Crippen MR) is 55.7 cm³/mol. The highest BCUT2D eigenvalue weighted by atomic mass is 19.4. The van der Waals surface area contributed by atoms with Gasteiger partial charge in [-0.15, -0.1) is 0 Å². The van der Waals surface area contributed by atoms with Gasteiger partial charge in [-0.05, 0) is 12.1 Å². The highest BCUT2D eigenvalue weighted by Crippen LogP contribution is 2.29. The van der Waals surface area contributed by atoms with Gasteiger partial charge in [0.1, 0.15) is 5.82 Å². The zero-order chi connectivity index (χ0) is 12.5. The Morgan fingerprint density at radius 1 is 1.24 bits per heavy atom. The van der Waals surface area contributed by atoms with E-state index in [1.165, 1.54) is 6.07 Å². The molecule has 0 bridgehead atoms. The number of hydrogen-bond donors (Lipinski definition) is 1. The first kappa shape index (κ1) is 11.4. The molecule has 1 N–H and O–H groups in total. The molecule has 90 valence electrons. The molecule has 0 atom stereocenters. The summed E-state index contributed by atoms with van der Waals surface area (Å²) in [5.41, 5.74) is -0.103. The molecule has 2 aromatic rings. The Hall–Kier alpha value is -2.05. The molecule has 0 unspecified atom stereocenters. The second-order valence-electron chi connectivity index (χ2n) is 3.46. The van der Waals surface area contributed by atoms with Crippen molar-refractivity contribution in [2.24, 2.45) is 7.05 Å². The van der Waals surface area contributed by atoms with E-state index in [9.17, 15) is 13.2 Å². The molecule has 2 heterocycles. The Bertz CT molecular complexity index is 501. The summed E-state index contributed by atoms with van der Waals surface area (Å²) in [6.07, 6.45) is -0.322. The molecule has 4 nitrogen and oxygen atoms in total. The molecule has 0 aromatic carbocycles. The fraction of sp³-hybridized carbons (Fsp3) is 0.200. The zero-order valence-electron chi connectivity index (χ0n) is 8.86. The van der Waals surface area contributed by atoms with Crippen LogP contribution in [-0.2, 0) is 13.2 Å². The first-order valence-electron chi connectivity index (χ1n) is 4.74. The molecule has 0 aliphatic carbocycles. The standard InChI is InChI=1S/C10H9F3N4/c1-17-6-8(5-15-17)16-9-3-2-7(4-14-9)10(11,12)13/h2-6H,1H3,(H,14,16). The summed E-state index contributed by atoms with van der Waals surface area (Å²) in [5.74, 6) is 0.339. The summed E-state index contributed by atoms with van der Waals surface area (Å²) < 4.78 is 38.4. The van der Waals surface area contributed by atoms with Gasteiger partial charge in [0.2, 0.25) is 0 Å². The van der Waals surface area contributed by atoms with Crippen molar-refractivity contribution in [3.63, 3.8) is 0 Å². The van der Waals surface area contributed by atoms with Crippen molar-refractivity contribution in [2.75, 3.05) is 5.32 Å². The van der Waals surface area contributed by atoms with Crippen LogP contribution in [0.1, 0.15) is 5.56 Å². The molecule has 7 heteroatoms. The third kappa shape index (κ3) is 2.74. The number of nitrogens with one attached hydrogen (secondary N) is 1. The van der Waals surface area contributed by atoms with Crippen LogP contribution in [0.3, 0.4) is 0 Å². The molecule has 0 radical (unpaired) electrons. The number of anilines is 2. The first-order valence-corrected chi connectivity index (χ1v) is 4.74. The van der Waals surface area contributed by atoms with E-state index in [0.717, 1.165) is 12.3 Å². The Morgan fingerprint density at radius 3 is 2.47 bits per heavy atom. The van der Waals surface area contributed by atoms with Crippen LogP contribution >= 0.6 is 0 Å². The van der Waals surface area contributed by atoms with Gasteiger partial charge in [-0.3, -0.25) is 4.68 Å². The van der Waals surface area contributed by atoms with E-state index < -0.39 is 11.7 Å². The van der Waals surface area contributed by atoms with Crippen molar-refractivity contribution in [3.8, 4) is 0 Å². The normalized spacial score (nSPS) is 11.5. The van der Waals surface area contributed by atoms with Gasteiger partial charge in [-0.2, -0.15) is 18.3 Å². The Balaban J connectivity index is 2.13. The summed E-state index contributed by atoms with van der Waals surface area (Å²) in [6.45, 7) is 0. The van der Waals surface area contributed by atoms with E-state index >= 15 is 0 Å². The maximum absolute atomic E-state index is 12.3. The van der Waals surface area contributed by atoms with Crippen molar-refractivity contribution < 1.29 is 13.2 Å². The third-order valence-electron chi connectivity index (χ3n) is 2.07. The fourth-order valence-corrected chi connectivity index (χ4v) is 1.27. The number of nitrogens with zero attached hydrogens (tertiary/aromatic N) is 3. The Labute approximate surface area is 95.1 Å². The SMILES string of the molecule is Cn1cc(Nc2ccc(C(F)(F)F)cn2)cn1. The van der Waals surface area contributed by atoms with Crippen LogP contribution in [0, 0.1) is 0 Å². The smallest absolute Gasteiger partial charge is 0.338 e. The fourth-order valence-electron chi connectivity index (χ4n) is 1.27. The minimum Gasteiger partial charge on any atom is -0.338 e. The lowest BCUT2D eigenvalue weighted by molar-refractivity contribution is -0.137. The van der Waals surface area contributed by atoms with E-state index in [2.05, 4.69) is 15.4 Å². The molecule has 2 aromatic heterocycles. The largest absolute Gasteiger partial charge is 0.417 e. The van der Waals surface area contributed by atoms with E-state index in [0.29, 0.717) is 11.5 Å².